The number of alkyl carbamates (subject to hydrolysis) is 1. The molecule has 5 nitrogen and oxygen atoms in total. The van der Waals surface area contributed by atoms with Gasteiger partial charge in [0.1, 0.15) is 5.60 Å². The molecular weight excluding hydrogens is 268 g/mol. The van der Waals surface area contributed by atoms with E-state index in [9.17, 15) is 13.6 Å². The second-order valence-electron chi connectivity index (χ2n) is 5.19. The summed E-state index contributed by atoms with van der Waals surface area (Å²) in [5.74, 6) is -2.13. The summed E-state index contributed by atoms with van der Waals surface area (Å²) >= 11 is 0. The van der Waals surface area contributed by atoms with Gasteiger partial charge in [0.2, 0.25) is 0 Å². The Bertz CT molecular complexity index is 487. The van der Waals surface area contributed by atoms with Crippen molar-refractivity contribution in [2.45, 2.75) is 26.4 Å². The summed E-state index contributed by atoms with van der Waals surface area (Å²) in [6.45, 7) is 5.67. The summed E-state index contributed by atoms with van der Waals surface area (Å²) in [5.41, 5.74) is 4.39. The first-order chi connectivity index (χ1) is 9.20. The van der Waals surface area contributed by atoms with Gasteiger partial charge in [-0.05, 0) is 32.9 Å². The number of benzene rings is 1. The van der Waals surface area contributed by atoms with Crippen molar-refractivity contribution in [2.75, 3.05) is 24.1 Å². The van der Waals surface area contributed by atoms with Gasteiger partial charge in [-0.25, -0.2) is 13.6 Å². The van der Waals surface area contributed by atoms with E-state index in [4.69, 9.17) is 10.5 Å². The zero-order valence-corrected chi connectivity index (χ0v) is 11.7. The number of nitrogen functional groups attached to an aromatic ring is 1. The molecule has 0 spiro atoms. The van der Waals surface area contributed by atoms with Gasteiger partial charge in [0.15, 0.2) is 11.6 Å². The first-order valence-electron chi connectivity index (χ1n) is 6.15. The van der Waals surface area contributed by atoms with E-state index in [1.165, 1.54) is 12.1 Å². The molecule has 0 unspecified atom stereocenters. The van der Waals surface area contributed by atoms with Crippen LogP contribution in [0.25, 0.3) is 0 Å². The van der Waals surface area contributed by atoms with E-state index < -0.39 is 23.3 Å². The van der Waals surface area contributed by atoms with Crippen LogP contribution in [0.5, 0.6) is 0 Å². The van der Waals surface area contributed by atoms with Crippen LogP contribution in [-0.4, -0.2) is 24.8 Å². The van der Waals surface area contributed by atoms with Crippen molar-refractivity contribution in [2.24, 2.45) is 0 Å². The zero-order valence-electron chi connectivity index (χ0n) is 11.7. The summed E-state index contributed by atoms with van der Waals surface area (Å²) in [7, 11) is 0. The Kier molecular flexibility index (Phi) is 5.12. The lowest BCUT2D eigenvalue weighted by molar-refractivity contribution is 0.0530. The molecule has 0 aliphatic carbocycles. The molecule has 112 valence electrons. The summed E-state index contributed by atoms with van der Waals surface area (Å²) in [5, 5.41) is 5.15. The number of ether oxygens (including phenoxy) is 1. The summed E-state index contributed by atoms with van der Waals surface area (Å²) in [4.78, 5) is 11.3. The Morgan fingerprint density at radius 3 is 2.50 bits per heavy atom. The number of nitrogens with two attached hydrogens (primary N) is 1. The average molecular weight is 287 g/mol. The molecule has 0 aromatic heterocycles. The van der Waals surface area contributed by atoms with Crippen molar-refractivity contribution in [3.8, 4) is 0 Å². The SMILES string of the molecule is CC(C)(C)OC(=O)NCCNc1ccc(N)c(F)c1F. The predicted molar refractivity (Wildman–Crippen MR) is 73.5 cm³/mol. The normalized spacial score (nSPS) is 11.1. The van der Waals surface area contributed by atoms with Crippen LogP contribution in [0.1, 0.15) is 20.8 Å². The smallest absolute Gasteiger partial charge is 0.407 e. The highest BCUT2D eigenvalue weighted by Crippen LogP contribution is 2.21. The lowest BCUT2D eigenvalue weighted by Crippen LogP contribution is -2.35. The minimum absolute atomic E-state index is 0.0114. The minimum Gasteiger partial charge on any atom is -0.444 e. The predicted octanol–water partition coefficient (Wildman–Crippen LogP) is 2.48. The molecule has 0 saturated heterocycles. The van der Waals surface area contributed by atoms with E-state index in [1.807, 2.05) is 0 Å². The highest BCUT2D eigenvalue weighted by Gasteiger charge is 2.15. The number of amides is 1. The quantitative estimate of drug-likeness (QED) is 0.587. The monoisotopic (exact) mass is 287 g/mol. The molecule has 1 rings (SSSR count). The van der Waals surface area contributed by atoms with Crippen molar-refractivity contribution in [1.82, 2.24) is 5.32 Å². The lowest BCUT2D eigenvalue weighted by atomic mass is 10.2. The number of hydrogen-bond acceptors (Lipinski definition) is 4. The Morgan fingerprint density at radius 1 is 1.25 bits per heavy atom. The van der Waals surface area contributed by atoms with Crippen LogP contribution in [-0.2, 0) is 4.74 Å². The fraction of sp³-hybridized carbons (Fsp3) is 0.462. The molecule has 0 bridgehead atoms. The maximum Gasteiger partial charge on any atom is 0.407 e. The second-order valence-corrected chi connectivity index (χ2v) is 5.19. The van der Waals surface area contributed by atoms with Crippen molar-refractivity contribution in [3.05, 3.63) is 23.8 Å². The molecular formula is C13H19F2N3O2. The van der Waals surface area contributed by atoms with Gasteiger partial charge in [-0.2, -0.15) is 0 Å². The fourth-order valence-corrected chi connectivity index (χ4v) is 1.38. The van der Waals surface area contributed by atoms with Crippen molar-refractivity contribution < 1.29 is 18.3 Å². The molecule has 0 radical (unpaired) electrons. The Morgan fingerprint density at radius 2 is 1.90 bits per heavy atom. The lowest BCUT2D eigenvalue weighted by Gasteiger charge is -2.19. The number of rotatable bonds is 4. The molecule has 1 aromatic carbocycles. The van der Waals surface area contributed by atoms with Gasteiger partial charge in [-0.15, -0.1) is 0 Å². The molecule has 7 heteroatoms. The summed E-state index contributed by atoms with van der Waals surface area (Å²) < 4.78 is 31.6. The van der Waals surface area contributed by atoms with E-state index in [1.54, 1.807) is 20.8 Å². The van der Waals surface area contributed by atoms with Gasteiger partial charge in [0.05, 0.1) is 11.4 Å². The molecule has 0 atom stereocenters. The van der Waals surface area contributed by atoms with Crippen LogP contribution in [0.2, 0.25) is 0 Å². The molecule has 20 heavy (non-hydrogen) atoms. The molecule has 0 heterocycles. The van der Waals surface area contributed by atoms with Gasteiger partial charge < -0.3 is 21.1 Å². The third kappa shape index (κ3) is 4.91. The molecule has 1 amide bonds. The number of hydrogen-bond donors (Lipinski definition) is 3. The number of anilines is 2. The number of halogens is 2. The van der Waals surface area contributed by atoms with Crippen LogP contribution in [0.15, 0.2) is 12.1 Å². The van der Waals surface area contributed by atoms with Crippen LogP contribution in [0, 0.1) is 11.6 Å². The van der Waals surface area contributed by atoms with Gasteiger partial charge in [-0.3, -0.25) is 0 Å². The van der Waals surface area contributed by atoms with E-state index >= 15 is 0 Å². The van der Waals surface area contributed by atoms with Gasteiger partial charge in [-0.1, -0.05) is 0 Å². The van der Waals surface area contributed by atoms with E-state index in [0.717, 1.165) is 0 Å². The van der Waals surface area contributed by atoms with Crippen molar-refractivity contribution in [1.29, 1.82) is 0 Å². The van der Waals surface area contributed by atoms with Crippen molar-refractivity contribution >= 4 is 17.5 Å². The number of carbonyl (C=O) groups is 1. The zero-order chi connectivity index (χ0) is 15.3. The summed E-state index contributed by atoms with van der Waals surface area (Å²) in [6, 6.07) is 2.60. The van der Waals surface area contributed by atoms with Crippen molar-refractivity contribution in [3.63, 3.8) is 0 Å². The van der Waals surface area contributed by atoms with E-state index in [-0.39, 0.29) is 24.5 Å². The third-order valence-electron chi connectivity index (χ3n) is 2.22. The standard InChI is InChI=1S/C13H19F2N3O2/c1-13(2,3)20-12(19)18-7-6-17-9-5-4-8(16)10(14)11(9)15/h4-5,17H,6-7,16H2,1-3H3,(H,18,19). The molecule has 0 fully saturated rings. The molecule has 0 aliphatic heterocycles. The third-order valence-corrected chi connectivity index (χ3v) is 2.22. The van der Waals surface area contributed by atoms with Crippen LogP contribution < -0.4 is 16.4 Å². The van der Waals surface area contributed by atoms with Gasteiger partial charge in [0.25, 0.3) is 0 Å². The molecule has 1 aromatic rings. The first-order valence-corrected chi connectivity index (χ1v) is 6.15. The van der Waals surface area contributed by atoms with E-state index in [0.29, 0.717) is 0 Å². The van der Waals surface area contributed by atoms with Crippen LogP contribution in [0.4, 0.5) is 25.0 Å². The Labute approximate surface area is 116 Å². The number of carbonyl (C=O) groups excluding carboxylic acids is 1. The fourth-order valence-electron chi connectivity index (χ4n) is 1.38. The van der Waals surface area contributed by atoms with Gasteiger partial charge in [0, 0.05) is 13.1 Å². The minimum atomic E-state index is -1.09. The summed E-state index contributed by atoms with van der Waals surface area (Å²) in [6.07, 6.45) is -0.566. The number of nitrogens with one attached hydrogen (secondary N) is 2. The van der Waals surface area contributed by atoms with Crippen LogP contribution >= 0.6 is 0 Å². The van der Waals surface area contributed by atoms with E-state index in [2.05, 4.69) is 10.6 Å². The molecule has 4 N–H and O–H groups in total. The first kappa shape index (κ1) is 16.0. The topological polar surface area (TPSA) is 76.4 Å². The average Bonchev–Trinajstić information content (AvgIpc) is 2.32. The highest BCUT2D eigenvalue weighted by atomic mass is 19.2. The second kappa shape index (κ2) is 6.40. The maximum atomic E-state index is 13.4. The Balaban J connectivity index is 2.39. The largest absolute Gasteiger partial charge is 0.444 e. The van der Waals surface area contributed by atoms with Gasteiger partial charge >= 0.3 is 6.09 Å². The Hall–Kier alpha value is -2.05. The maximum absolute atomic E-state index is 13.4. The highest BCUT2D eigenvalue weighted by molar-refractivity contribution is 5.67. The molecule has 0 aliphatic rings. The van der Waals surface area contributed by atoms with Crippen LogP contribution in [0.3, 0.4) is 0 Å². The molecule has 0 saturated carbocycles.